The molecule has 1 heterocycles. The molecule has 0 bridgehead atoms. The second-order valence-electron chi connectivity index (χ2n) is 4.59. The number of carboxylic acid groups (broad SMARTS) is 1. The first-order valence-electron chi connectivity index (χ1n) is 6.08. The van der Waals surface area contributed by atoms with Crippen LogP contribution in [0.15, 0.2) is 18.2 Å². The number of ketones is 1. The molecule has 1 N–H and O–H groups in total. The van der Waals surface area contributed by atoms with E-state index in [0.717, 1.165) is 5.56 Å². The highest BCUT2D eigenvalue weighted by Gasteiger charge is 2.53. The maximum atomic E-state index is 12.4. The van der Waals surface area contributed by atoms with Gasteiger partial charge in [0.05, 0.1) is 20.3 Å². The highest BCUT2D eigenvalue weighted by molar-refractivity contribution is 6.13. The highest BCUT2D eigenvalue weighted by atomic mass is 16.5. The lowest BCUT2D eigenvalue weighted by Crippen LogP contribution is -2.54. The minimum absolute atomic E-state index is 0.0609. The van der Waals surface area contributed by atoms with E-state index < -0.39 is 17.2 Å². The number of hydrogen-bond acceptors (Lipinski definition) is 4. The lowest BCUT2D eigenvalue weighted by atomic mass is 9.78. The van der Waals surface area contributed by atoms with E-state index in [9.17, 15) is 14.7 Å². The summed E-state index contributed by atoms with van der Waals surface area (Å²) in [5.41, 5.74) is -0.142. The molecule has 2 rings (SSSR count). The average Bonchev–Trinajstić information content (AvgIpc) is 2.35. The minimum Gasteiger partial charge on any atom is -0.496 e. The van der Waals surface area contributed by atoms with Gasteiger partial charge in [0.25, 0.3) is 0 Å². The number of aryl methyl sites for hydroxylation is 1. The van der Waals surface area contributed by atoms with Crippen molar-refractivity contribution in [2.24, 2.45) is 5.41 Å². The predicted molar refractivity (Wildman–Crippen MR) is 67.6 cm³/mol. The zero-order valence-electron chi connectivity index (χ0n) is 10.9. The lowest BCUT2D eigenvalue weighted by Gasteiger charge is -2.35. The average molecular weight is 264 g/mol. The van der Waals surface area contributed by atoms with Gasteiger partial charge in [0.1, 0.15) is 5.75 Å². The Morgan fingerprint density at radius 1 is 1.42 bits per heavy atom. The monoisotopic (exact) mass is 264 g/mol. The molecule has 0 aromatic heterocycles. The van der Waals surface area contributed by atoms with Crippen LogP contribution in [0.3, 0.4) is 0 Å². The van der Waals surface area contributed by atoms with E-state index in [0.29, 0.717) is 17.7 Å². The number of carbonyl (C=O) groups excluding carboxylic acids is 1. The summed E-state index contributed by atoms with van der Waals surface area (Å²) >= 11 is 0. The van der Waals surface area contributed by atoms with E-state index in [1.165, 1.54) is 0 Å². The van der Waals surface area contributed by atoms with E-state index in [4.69, 9.17) is 9.47 Å². The molecule has 1 aliphatic heterocycles. The third-order valence-corrected chi connectivity index (χ3v) is 3.46. The summed E-state index contributed by atoms with van der Waals surface area (Å²) < 4.78 is 10.1. The molecule has 1 aliphatic rings. The molecule has 0 saturated carbocycles. The van der Waals surface area contributed by atoms with Crippen molar-refractivity contribution in [1.29, 1.82) is 0 Å². The number of hydrogen-bond donors (Lipinski definition) is 1. The maximum absolute atomic E-state index is 12.4. The smallest absolute Gasteiger partial charge is 0.322 e. The molecule has 0 radical (unpaired) electrons. The summed E-state index contributed by atoms with van der Waals surface area (Å²) in [4.78, 5) is 23.6. The van der Waals surface area contributed by atoms with Crippen LogP contribution in [-0.2, 0) is 16.0 Å². The van der Waals surface area contributed by atoms with Crippen LogP contribution in [0, 0.1) is 5.41 Å². The third kappa shape index (κ3) is 2.10. The molecule has 1 aromatic carbocycles. The van der Waals surface area contributed by atoms with Crippen molar-refractivity contribution in [1.82, 2.24) is 0 Å². The molecule has 0 atom stereocenters. The fourth-order valence-electron chi connectivity index (χ4n) is 2.13. The number of carbonyl (C=O) groups is 2. The summed E-state index contributed by atoms with van der Waals surface area (Å²) in [5.74, 6) is -0.825. The first-order chi connectivity index (χ1) is 9.05. The Hall–Kier alpha value is -1.88. The van der Waals surface area contributed by atoms with E-state index >= 15 is 0 Å². The van der Waals surface area contributed by atoms with Crippen LogP contribution in [0.5, 0.6) is 5.75 Å². The number of Topliss-reactive ketones (excluding diaryl/α,β-unsaturated/α-hetero) is 1. The molecule has 19 heavy (non-hydrogen) atoms. The van der Waals surface area contributed by atoms with E-state index in [2.05, 4.69) is 0 Å². The number of carboxylic acids is 1. The zero-order chi connectivity index (χ0) is 14.0. The number of benzene rings is 1. The topological polar surface area (TPSA) is 72.8 Å². The fourth-order valence-corrected chi connectivity index (χ4v) is 2.13. The summed E-state index contributed by atoms with van der Waals surface area (Å²) in [6.07, 6.45) is 0.709. The largest absolute Gasteiger partial charge is 0.496 e. The van der Waals surface area contributed by atoms with Crippen molar-refractivity contribution in [3.8, 4) is 5.75 Å². The first-order valence-corrected chi connectivity index (χ1v) is 6.08. The van der Waals surface area contributed by atoms with Crippen LogP contribution >= 0.6 is 0 Å². The van der Waals surface area contributed by atoms with Crippen LogP contribution < -0.4 is 4.74 Å². The minimum atomic E-state index is -1.42. The van der Waals surface area contributed by atoms with Gasteiger partial charge >= 0.3 is 5.97 Å². The van der Waals surface area contributed by atoms with Gasteiger partial charge in [-0.2, -0.15) is 0 Å². The van der Waals surface area contributed by atoms with Gasteiger partial charge in [-0.05, 0) is 30.2 Å². The number of methoxy groups -OCH3 is 1. The Morgan fingerprint density at radius 2 is 2.11 bits per heavy atom. The van der Waals surface area contributed by atoms with Gasteiger partial charge in [-0.25, -0.2) is 0 Å². The van der Waals surface area contributed by atoms with Gasteiger partial charge in [-0.15, -0.1) is 0 Å². The molecule has 102 valence electrons. The first kappa shape index (κ1) is 13.5. The van der Waals surface area contributed by atoms with E-state index in [1.54, 1.807) is 25.3 Å². The summed E-state index contributed by atoms with van der Waals surface area (Å²) in [5, 5.41) is 9.22. The molecule has 1 saturated heterocycles. The molecular weight excluding hydrogens is 248 g/mol. The second-order valence-corrected chi connectivity index (χ2v) is 4.59. The molecule has 0 aliphatic carbocycles. The Morgan fingerprint density at radius 3 is 2.53 bits per heavy atom. The Kier molecular flexibility index (Phi) is 3.57. The molecule has 0 unspecified atom stereocenters. The molecule has 0 amide bonds. The van der Waals surface area contributed by atoms with Crippen molar-refractivity contribution in [3.05, 3.63) is 29.3 Å². The van der Waals surface area contributed by atoms with Gasteiger partial charge in [0, 0.05) is 5.56 Å². The maximum Gasteiger partial charge on any atom is 0.322 e. The Bertz CT molecular complexity index is 517. The van der Waals surface area contributed by atoms with Gasteiger partial charge in [-0.3, -0.25) is 9.59 Å². The summed E-state index contributed by atoms with van der Waals surface area (Å²) in [6.45, 7) is 1.83. The standard InChI is InChI=1S/C14H16O5/c1-3-9-6-10(4-5-11(9)18-2)12(15)14(13(16)17)7-19-8-14/h4-6H,3,7-8H2,1-2H3,(H,16,17). The van der Waals surface area contributed by atoms with Crippen LogP contribution in [0.2, 0.25) is 0 Å². The molecule has 5 heteroatoms. The number of ether oxygens (including phenoxy) is 2. The summed E-state index contributed by atoms with van der Waals surface area (Å²) in [6, 6.07) is 4.99. The van der Waals surface area contributed by atoms with Crippen LogP contribution in [0.25, 0.3) is 0 Å². The zero-order valence-corrected chi connectivity index (χ0v) is 10.9. The van der Waals surface area contributed by atoms with E-state index in [-0.39, 0.29) is 13.2 Å². The van der Waals surface area contributed by atoms with Crippen molar-refractivity contribution >= 4 is 11.8 Å². The number of rotatable bonds is 5. The molecule has 1 fully saturated rings. The Labute approximate surface area is 111 Å². The van der Waals surface area contributed by atoms with Gasteiger partial charge in [0.2, 0.25) is 0 Å². The molecule has 1 aromatic rings. The SMILES string of the molecule is CCc1cc(C(=O)C2(C(=O)O)COC2)ccc1OC. The van der Waals surface area contributed by atoms with Crippen molar-refractivity contribution in [2.75, 3.05) is 20.3 Å². The van der Waals surface area contributed by atoms with Crippen molar-refractivity contribution in [2.45, 2.75) is 13.3 Å². The molecule has 5 nitrogen and oxygen atoms in total. The van der Waals surface area contributed by atoms with Crippen LogP contribution in [0.1, 0.15) is 22.8 Å². The van der Waals surface area contributed by atoms with Gasteiger partial charge in [-0.1, -0.05) is 6.92 Å². The quantitative estimate of drug-likeness (QED) is 0.645. The Balaban J connectivity index is 2.36. The summed E-state index contributed by atoms with van der Waals surface area (Å²) in [7, 11) is 1.56. The third-order valence-electron chi connectivity index (χ3n) is 3.46. The van der Waals surface area contributed by atoms with Crippen molar-refractivity contribution in [3.63, 3.8) is 0 Å². The van der Waals surface area contributed by atoms with Gasteiger partial charge < -0.3 is 14.6 Å². The van der Waals surface area contributed by atoms with Crippen LogP contribution in [0.4, 0.5) is 0 Å². The normalized spacial score (nSPS) is 16.5. The predicted octanol–water partition coefficient (Wildman–Crippen LogP) is 1.54. The second kappa shape index (κ2) is 5.01. The lowest BCUT2D eigenvalue weighted by molar-refractivity contribution is -0.168. The van der Waals surface area contributed by atoms with Crippen molar-refractivity contribution < 1.29 is 24.2 Å². The van der Waals surface area contributed by atoms with Crippen LogP contribution in [-0.4, -0.2) is 37.2 Å². The van der Waals surface area contributed by atoms with E-state index in [1.807, 2.05) is 6.92 Å². The van der Waals surface area contributed by atoms with Gasteiger partial charge in [0.15, 0.2) is 11.2 Å². The number of aliphatic carboxylic acids is 1. The fraction of sp³-hybridized carbons (Fsp3) is 0.429. The highest BCUT2D eigenvalue weighted by Crippen LogP contribution is 2.33. The molecular formula is C14H16O5. The molecule has 0 spiro atoms.